The van der Waals surface area contributed by atoms with E-state index in [1.165, 1.54) is 11.5 Å². The molecule has 10 heteroatoms. The van der Waals surface area contributed by atoms with E-state index in [0.29, 0.717) is 49.5 Å². The van der Waals surface area contributed by atoms with Gasteiger partial charge in [0.1, 0.15) is 16.3 Å². The third-order valence-corrected chi connectivity index (χ3v) is 8.25. The first kappa shape index (κ1) is 25.3. The van der Waals surface area contributed by atoms with Gasteiger partial charge in [0, 0.05) is 56.5 Å². The molecule has 0 saturated carbocycles. The van der Waals surface area contributed by atoms with Crippen LogP contribution in [0.1, 0.15) is 47.3 Å². The zero-order valence-corrected chi connectivity index (χ0v) is 22.4. The Morgan fingerprint density at radius 1 is 1.11 bits per heavy atom. The maximum absolute atomic E-state index is 13.4. The standard InChI is InChI=1S/C27H33N5O4S/c1-17-23-24(21(16-29-26(23)37-30-17)27(34)32-10-4-5-11-32)31-12-8-18(9-13-31)25(33)28-15-19-6-7-20(35-2)14-22(19)36-3/h6-7,14,16,18H,4-5,8-13,15H2,1-3H3,(H,28,33). The van der Waals surface area contributed by atoms with Crippen molar-refractivity contribution >= 4 is 39.3 Å². The summed E-state index contributed by atoms with van der Waals surface area (Å²) in [5.74, 6) is 1.39. The Balaban J connectivity index is 1.29. The van der Waals surface area contributed by atoms with Gasteiger partial charge in [-0.1, -0.05) is 0 Å². The van der Waals surface area contributed by atoms with Crippen LogP contribution in [0.15, 0.2) is 24.4 Å². The normalized spacial score (nSPS) is 16.3. The molecule has 1 aromatic carbocycles. The number of hydrogen-bond donors (Lipinski definition) is 1. The number of anilines is 1. The van der Waals surface area contributed by atoms with Gasteiger partial charge in [-0.3, -0.25) is 9.59 Å². The molecule has 0 unspecified atom stereocenters. The number of pyridine rings is 1. The van der Waals surface area contributed by atoms with Gasteiger partial charge in [-0.2, -0.15) is 4.37 Å². The number of methoxy groups -OCH3 is 2. The molecule has 9 nitrogen and oxygen atoms in total. The lowest BCUT2D eigenvalue weighted by molar-refractivity contribution is -0.125. The van der Waals surface area contributed by atoms with Crippen LogP contribution < -0.4 is 19.7 Å². The topological polar surface area (TPSA) is 96.9 Å². The molecule has 5 rings (SSSR count). The molecule has 0 bridgehead atoms. The minimum absolute atomic E-state index is 0.0409. The first-order valence-electron chi connectivity index (χ1n) is 12.8. The van der Waals surface area contributed by atoms with E-state index in [9.17, 15) is 9.59 Å². The Kier molecular flexibility index (Phi) is 7.45. The van der Waals surface area contributed by atoms with Crippen LogP contribution in [-0.4, -0.2) is 66.5 Å². The van der Waals surface area contributed by atoms with Crippen molar-refractivity contribution < 1.29 is 19.1 Å². The lowest BCUT2D eigenvalue weighted by Gasteiger charge is -2.35. The Hall–Kier alpha value is -3.40. The van der Waals surface area contributed by atoms with Crippen LogP contribution in [0, 0.1) is 12.8 Å². The quantitative estimate of drug-likeness (QED) is 0.503. The van der Waals surface area contributed by atoms with Gasteiger partial charge in [-0.25, -0.2) is 4.98 Å². The highest BCUT2D eigenvalue weighted by molar-refractivity contribution is 7.13. The number of ether oxygens (including phenoxy) is 2. The average molecular weight is 524 g/mol. The summed E-state index contributed by atoms with van der Waals surface area (Å²) in [6.07, 6.45) is 5.22. The predicted octanol–water partition coefficient (Wildman–Crippen LogP) is 3.79. The molecule has 37 heavy (non-hydrogen) atoms. The van der Waals surface area contributed by atoms with Gasteiger partial charge in [0.05, 0.1) is 36.6 Å². The van der Waals surface area contributed by atoms with Crippen molar-refractivity contribution in [1.29, 1.82) is 0 Å². The molecule has 1 N–H and O–H groups in total. The zero-order chi connectivity index (χ0) is 25.9. The number of nitrogens with one attached hydrogen (secondary N) is 1. The number of carbonyl (C=O) groups excluding carboxylic acids is 2. The maximum atomic E-state index is 13.4. The summed E-state index contributed by atoms with van der Waals surface area (Å²) >= 11 is 1.37. The van der Waals surface area contributed by atoms with Gasteiger partial charge < -0.3 is 24.6 Å². The molecule has 0 atom stereocenters. The predicted molar refractivity (Wildman–Crippen MR) is 144 cm³/mol. The first-order chi connectivity index (χ1) is 18.0. The van der Waals surface area contributed by atoms with Crippen molar-refractivity contribution in [3.8, 4) is 11.5 Å². The highest BCUT2D eigenvalue weighted by atomic mass is 32.1. The molecule has 4 heterocycles. The van der Waals surface area contributed by atoms with Crippen LogP contribution in [0.2, 0.25) is 0 Å². The summed E-state index contributed by atoms with van der Waals surface area (Å²) < 4.78 is 15.2. The van der Waals surface area contributed by atoms with E-state index in [2.05, 4.69) is 19.6 Å². The van der Waals surface area contributed by atoms with Gasteiger partial charge in [0.25, 0.3) is 5.91 Å². The second kappa shape index (κ2) is 10.9. The van der Waals surface area contributed by atoms with Crippen molar-refractivity contribution in [2.75, 3.05) is 45.3 Å². The first-order valence-corrected chi connectivity index (χ1v) is 13.5. The number of piperidine rings is 1. The summed E-state index contributed by atoms with van der Waals surface area (Å²) in [5, 5.41) is 4.04. The van der Waals surface area contributed by atoms with Gasteiger partial charge in [0.15, 0.2) is 0 Å². The molecule has 2 amide bonds. The Bertz CT molecular complexity index is 1300. The van der Waals surface area contributed by atoms with Crippen molar-refractivity contribution in [3.63, 3.8) is 0 Å². The third-order valence-electron chi connectivity index (χ3n) is 7.40. The fourth-order valence-corrected chi connectivity index (χ4v) is 6.05. The highest BCUT2D eigenvalue weighted by Gasteiger charge is 2.31. The van der Waals surface area contributed by atoms with E-state index in [1.54, 1.807) is 20.4 Å². The van der Waals surface area contributed by atoms with Gasteiger partial charge >= 0.3 is 0 Å². The van der Waals surface area contributed by atoms with E-state index >= 15 is 0 Å². The molecule has 2 aliphatic rings. The molecule has 0 radical (unpaired) electrons. The second-order valence-corrected chi connectivity index (χ2v) is 10.4. The van der Waals surface area contributed by atoms with Crippen LogP contribution in [0.5, 0.6) is 11.5 Å². The second-order valence-electron chi connectivity index (χ2n) is 9.62. The number of benzene rings is 1. The highest BCUT2D eigenvalue weighted by Crippen LogP contribution is 2.37. The molecule has 0 spiro atoms. The molecule has 2 aliphatic heterocycles. The molecule has 2 fully saturated rings. The smallest absolute Gasteiger partial charge is 0.257 e. The summed E-state index contributed by atoms with van der Waals surface area (Å²) in [5.41, 5.74) is 3.37. The third kappa shape index (κ3) is 5.07. The molecule has 2 saturated heterocycles. The van der Waals surface area contributed by atoms with E-state index in [4.69, 9.17) is 9.47 Å². The lowest BCUT2D eigenvalue weighted by Crippen LogP contribution is -2.41. The van der Waals surface area contributed by atoms with Crippen molar-refractivity contribution in [2.24, 2.45) is 5.92 Å². The van der Waals surface area contributed by atoms with E-state index in [0.717, 1.165) is 53.1 Å². The van der Waals surface area contributed by atoms with Crippen molar-refractivity contribution in [3.05, 3.63) is 41.2 Å². The number of aromatic nitrogens is 2. The Morgan fingerprint density at radius 3 is 2.57 bits per heavy atom. The van der Waals surface area contributed by atoms with E-state index in [-0.39, 0.29) is 17.7 Å². The molecule has 196 valence electrons. The SMILES string of the molecule is COc1ccc(CNC(=O)C2CCN(c3c(C(=O)N4CCCC4)cnc4snc(C)c34)CC2)c(OC)c1. The number of likely N-dealkylation sites (tertiary alicyclic amines) is 1. The fraction of sp³-hybridized carbons (Fsp3) is 0.481. The van der Waals surface area contributed by atoms with Crippen LogP contribution in [0.4, 0.5) is 5.69 Å². The molecule has 0 aliphatic carbocycles. The lowest BCUT2D eigenvalue weighted by atomic mass is 9.94. The number of nitrogens with zero attached hydrogens (tertiary/aromatic N) is 4. The molecular formula is C27H33N5O4S. The summed E-state index contributed by atoms with van der Waals surface area (Å²) in [7, 11) is 3.22. The zero-order valence-electron chi connectivity index (χ0n) is 21.6. The van der Waals surface area contributed by atoms with Crippen molar-refractivity contribution in [1.82, 2.24) is 19.6 Å². The minimum Gasteiger partial charge on any atom is -0.497 e. The van der Waals surface area contributed by atoms with Crippen molar-refractivity contribution in [2.45, 2.75) is 39.2 Å². The molecule has 3 aromatic rings. The Morgan fingerprint density at radius 2 is 1.86 bits per heavy atom. The number of aryl methyl sites for hydroxylation is 1. The number of fused-ring (bicyclic) bond motifs is 1. The summed E-state index contributed by atoms with van der Waals surface area (Å²) in [6, 6.07) is 5.59. The van der Waals surface area contributed by atoms with Crippen LogP contribution in [0.25, 0.3) is 10.2 Å². The van der Waals surface area contributed by atoms with Gasteiger partial charge in [0.2, 0.25) is 5.91 Å². The van der Waals surface area contributed by atoms with Crippen LogP contribution in [-0.2, 0) is 11.3 Å². The Labute approximate surface area is 220 Å². The van der Waals surface area contributed by atoms with Crippen LogP contribution >= 0.6 is 11.5 Å². The largest absolute Gasteiger partial charge is 0.497 e. The van der Waals surface area contributed by atoms with E-state index < -0.39 is 0 Å². The molecular weight excluding hydrogens is 490 g/mol. The summed E-state index contributed by atoms with van der Waals surface area (Å²) in [4.78, 5) is 36.1. The fourth-order valence-electron chi connectivity index (χ4n) is 5.30. The number of amides is 2. The number of carbonyl (C=O) groups is 2. The van der Waals surface area contributed by atoms with Crippen LogP contribution in [0.3, 0.4) is 0 Å². The minimum atomic E-state index is -0.0859. The summed E-state index contributed by atoms with van der Waals surface area (Å²) in [6.45, 7) is 5.33. The van der Waals surface area contributed by atoms with E-state index in [1.807, 2.05) is 30.0 Å². The monoisotopic (exact) mass is 523 g/mol. The molecule has 2 aromatic heterocycles. The number of rotatable bonds is 7. The van der Waals surface area contributed by atoms with Gasteiger partial charge in [-0.15, -0.1) is 0 Å². The average Bonchev–Trinajstić information content (AvgIpc) is 3.61. The maximum Gasteiger partial charge on any atom is 0.257 e. The number of hydrogen-bond acceptors (Lipinski definition) is 8. The van der Waals surface area contributed by atoms with Gasteiger partial charge in [-0.05, 0) is 56.3 Å².